The van der Waals surface area contributed by atoms with Crippen LogP contribution in [0.25, 0.3) is 0 Å². The van der Waals surface area contributed by atoms with Crippen molar-refractivity contribution < 1.29 is 14.6 Å². The third-order valence-electron chi connectivity index (χ3n) is 2.36. The molecule has 0 atom stereocenters. The van der Waals surface area contributed by atoms with Crippen molar-refractivity contribution in [1.82, 2.24) is 0 Å². The Hall–Kier alpha value is -0.610. The van der Waals surface area contributed by atoms with E-state index in [-0.39, 0.29) is 0 Å². The number of nitrogens with two attached hydrogens (primary N) is 1. The zero-order valence-corrected chi connectivity index (χ0v) is 5.46. The topological polar surface area (TPSA) is 72.6 Å². The third kappa shape index (κ3) is 0.507. The molecule has 3 N–H and O–H groups in total. The molecule has 2 heterocycles. The minimum atomic E-state index is -0.772. The average Bonchev–Trinajstić information content (AvgIpc) is 2.19. The first-order valence-corrected chi connectivity index (χ1v) is 3.23. The summed E-state index contributed by atoms with van der Waals surface area (Å²) in [6.07, 6.45) is 0.963. The summed E-state index contributed by atoms with van der Waals surface area (Å²) in [5.74, 6) is -0.772. The minimum Gasteiger partial charge on any atom is -0.481 e. The van der Waals surface area contributed by atoms with E-state index in [2.05, 4.69) is 0 Å². The zero-order valence-electron chi connectivity index (χ0n) is 5.46. The van der Waals surface area contributed by atoms with Gasteiger partial charge in [-0.1, -0.05) is 0 Å². The predicted octanol–water partition coefficient (Wildman–Crippen LogP) is -0.464. The third-order valence-corrected chi connectivity index (χ3v) is 2.36. The zero-order chi connectivity index (χ0) is 7.41. The molecule has 56 valence electrons. The first-order chi connectivity index (χ1) is 4.56. The lowest BCUT2D eigenvalue weighted by Gasteiger charge is -2.38. The Morgan fingerprint density at radius 2 is 2.20 bits per heavy atom. The van der Waals surface area contributed by atoms with Gasteiger partial charge in [0.2, 0.25) is 0 Å². The number of hydrogen-bond donors (Lipinski definition) is 2. The number of hydrogen-bond acceptors (Lipinski definition) is 3. The molecule has 2 aliphatic heterocycles. The molecule has 0 aromatic rings. The van der Waals surface area contributed by atoms with E-state index in [0.717, 1.165) is 0 Å². The first kappa shape index (κ1) is 6.12. The fourth-order valence-corrected chi connectivity index (χ4v) is 1.79. The van der Waals surface area contributed by atoms with E-state index in [1.54, 1.807) is 0 Å². The van der Waals surface area contributed by atoms with E-state index in [4.69, 9.17) is 15.6 Å². The number of carboxylic acids is 1. The molecule has 1 saturated carbocycles. The summed E-state index contributed by atoms with van der Waals surface area (Å²) in [5, 5.41) is 8.69. The molecule has 3 fully saturated rings. The monoisotopic (exact) mass is 143 g/mol. The fourth-order valence-electron chi connectivity index (χ4n) is 1.79. The Balaban J connectivity index is 2.20. The van der Waals surface area contributed by atoms with Crippen LogP contribution in [0.1, 0.15) is 12.8 Å². The highest BCUT2D eigenvalue weighted by Crippen LogP contribution is 2.54. The molecule has 3 aliphatic rings. The van der Waals surface area contributed by atoms with Crippen LogP contribution in [0.15, 0.2) is 0 Å². The van der Waals surface area contributed by atoms with Gasteiger partial charge >= 0.3 is 5.97 Å². The molecule has 0 radical (unpaired) electrons. The molecule has 0 aromatic carbocycles. The summed E-state index contributed by atoms with van der Waals surface area (Å²) in [4.78, 5) is 10.6. The average molecular weight is 143 g/mol. The first-order valence-electron chi connectivity index (χ1n) is 3.23. The molecule has 3 rings (SSSR count). The van der Waals surface area contributed by atoms with Crippen molar-refractivity contribution in [2.24, 2.45) is 11.1 Å². The maximum Gasteiger partial charge on any atom is 0.312 e. The summed E-state index contributed by atoms with van der Waals surface area (Å²) in [7, 11) is 0. The number of fused-ring (bicyclic) bond motifs is 1. The number of carboxylic acid groups (broad SMARTS) is 1. The van der Waals surface area contributed by atoms with Crippen molar-refractivity contribution >= 4 is 5.97 Å². The van der Waals surface area contributed by atoms with Gasteiger partial charge in [-0.05, 0) is 0 Å². The normalized spacial score (nSPS) is 50.5. The molecule has 10 heavy (non-hydrogen) atoms. The molecule has 0 spiro atoms. The predicted molar refractivity (Wildman–Crippen MR) is 32.2 cm³/mol. The number of rotatable bonds is 1. The highest BCUT2D eigenvalue weighted by molar-refractivity contribution is 5.77. The quantitative estimate of drug-likeness (QED) is 0.520. The van der Waals surface area contributed by atoms with Crippen molar-refractivity contribution in [3.8, 4) is 0 Å². The van der Waals surface area contributed by atoms with Gasteiger partial charge in [0.05, 0.1) is 12.0 Å². The van der Waals surface area contributed by atoms with Crippen LogP contribution in [0.2, 0.25) is 0 Å². The van der Waals surface area contributed by atoms with Crippen molar-refractivity contribution in [2.75, 3.05) is 6.61 Å². The molecule has 0 amide bonds. The second-order valence-corrected chi connectivity index (χ2v) is 3.29. The van der Waals surface area contributed by atoms with Crippen LogP contribution < -0.4 is 5.73 Å². The minimum absolute atomic E-state index is 0.291. The second-order valence-electron chi connectivity index (χ2n) is 3.29. The van der Waals surface area contributed by atoms with Gasteiger partial charge in [0.25, 0.3) is 0 Å². The van der Waals surface area contributed by atoms with Gasteiger partial charge < -0.3 is 15.6 Å². The molecule has 2 saturated heterocycles. The van der Waals surface area contributed by atoms with Crippen LogP contribution in [0.4, 0.5) is 0 Å². The lowest BCUT2D eigenvalue weighted by molar-refractivity contribution is -0.153. The molecule has 0 aromatic heterocycles. The van der Waals surface area contributed by atoms with Crippen LogP contribution in [0.3, 0.4) is 0 Å². The molecular weight excluding hydrogens is 134 g/mol. The van der Waals surface area contributed by atoms with Gasteiger partial charge in [0, 0.05) is 12.8 Å². The summed E-state index contributed by atoms with van der Waals surface area (Å²) in [6.45, 7) is 0.291. The number of aliphatic carboxylic acids is 1. The van der Waals surface area contributed by atoms with Crippen LogP contribution in [-0.4, -0.2) is 23.4 Å². The van der Waals surface area contributed by atoms with Crippen molar-refractivity contribution in [2.45, 2.75) is 18.6 Å². The second kappa shape index (κ2) is 1.35. The van der Waals surface area contributed by atoms with Gasteiger partial charge in [-0.25, -0.2) is 0 Å². The summed E-state index contributed by atoms with van der Waals surface area (Å²) < 4.78 is 5.08. The summed E-state index contributed by atoms with van der Waals surface area (Å²) >= 11 is 0. The lowest BCUT2D eigenvalue weighted by Crippen LogP contribution is -2.54. The van der Waals surface area contributed by atoms with Gasteiger partial charge in [-0.15, -0.1) is 0 Å². The molecule has 2 bridgehead atoms. The molecular formula is C6H9NO3. The van der Waals surface area contributed by atoms with Crippen LogP contribution in [0, 0.1) is 5.41 Å². The number of carbonyl (C=O) groups is 1. The standard InChI is InChI=1S/C6H9NO3/c7-6-1-5(2-6,3-10-6)4(8)9/h1-3,7H2,(H,8,9). The van der Waals surface area contributed by atoms with E-state index in [0.29, 0.717) is 19.4 Å². The summed E-state index contributed by atoms with van der Waals surface area (Å²) in [5.41, 5.74) is 4.35. The largest absolute Gasteiger partial charge is 0.481 e. The highest BCUT2D eigenvalue weighted by Gasteiger charge is 2.65. The Morgan fingerprint density at radius 3 is 2.40 bits per heavy atom. The molecule has 0 unspecified atom stereocenters. The van der Waals surface area contributed by atoms with Gasteiger partial charge in [-0.2, -0.15) is 0 Å². The van der Waals surface area contributed by atoms with E-state index < -0.39 is 17.1 Å². The van der Waals surface area contributed by atoms with E-state index in [1.165, 1.54) is 0 Å². The Bertz CT molecular complexity index is 195. The lowest BCUT2D eigenvalue weighted by atomic mass is 9.67. The van der Waals surface area contributed by atoms with Crippen molar-refractivity contribution in [1.29, 1.82) is 0 Å². The molecule has 4 heteroatoms. The van der Waals surface area contributed by atoms with Gasteiger partial charge in [0.1, 0.15) is 5.72 Å². The number of ether oxygens (including phenoxy) is 1. The maximum atomic E-state index is 10.6. The Kier molecular flexibility index (Phi) is 0.830. The fraction of sp³-hybridized carbons (Fsp3) is 0.833. The van der Waals surface area contributed by atoms with Crippen LogP contribution >= 0.6 is 0 Å². The SMILES string of the molecule is NC12CC(C(=O)O)(CO1)C2. The van der Waals surface area contributed by atoms with E-state index >= 15 is 0 Å². The van der Waals surface area contributed by atoms with E-state index in [9.17, 15) is 4.79 Å². The van der Waals surface area contributed by atoms with Crippen LogP contribution in [-0.2, 0) is 9.53 Å². The Morgan fingerprint density at radius 1 is 1.60 bits per heavy atom. The van der Waals surface area contributed by atoms with Crippen molar-refractivity contribution in [3.05, 3.63) is 0 Å². The molecule has 1 aliphatic carbocycles. The van der Waals surface area contributed by atoms with Gasteiger partial charge in [0.15, 0.2) is 0 Å². The Labute approximate surface area is 58.0 Å². The van der Waals surface area contributed by atoms with E-state index in [1.807, 2.05) is 0 Å². The van der Waals surface area contributed by atoms with Crippen LogP contribution in [0.5, 0.6) is 0 Å². The van der Waals surface area contributed by atoms with Crippen molar-refractivity contribution in [3.63, 3.8) is 0 Å². The smallest absolute Gasteiger partial charge is 0.312 e. The van der Waals surface area contributed by atoms with Gasteiger partial charge in [-0.3, -0.25) is 4.79 Å². The highest BCUT2D eigenvalue weighted by atomic mass is 16.5. The maximum absolute atomic E-state index is 10.6. The molecule has 4 nitrogen and oxygen atoms in total. The summed E-state index contributed by atoms with van der Waals surface area (Å²) in [6, 6.07) is 0.